The predicted molar refractivity (Wildman–Crippen MR) is 119 cm³/mol. The quantitative estimate of drug-likeness (QED) is 0.612. The maximum absolute atomic E-state index is 13.1. The summed E-state index contributed by atoms with van der Waals surface area (Å²) in [7, 11) is 0. The van der Waals surface area contributed by atoms with Gasteiger partial charge in [-0.1, -0.05) is 78.3 Å². The topological polar surface area (TPSA) is 32.3 Å². The Labute approximate surface area is 177 Å². The van der Waals surface area contributed by atoms with Crippen molar-refractivity contribution in [2.45, 2.75) is 18.9 Å². The maximum atomic E-state index is 13.1. The van der Waals surface area contributed by atoms with E-state index in [0.717, 1.165) is 47.8 Å². The summed E-state index contributed by atoms with van der Waals surface area (Å²) in [6.45, 7) is 1.72. The molecule has 0 aliphatic carbocycles. The van der Waals surface area contributed by atoms with Gasteiger partial charge in [0.05, 0.1) is 6.04 Å². The lowest BCUT2D eigenvalue weighted by Gasteiger charge is -2.34. The highest BCUT2D eigenvalue weighted by Crippen LogP contribution is 2.27. The predicted octanol–water partition coefficient (Wildman–Crippen LogP) is 5.46. The molecule has 148 valence electrons. The summed E-state index contributed by atoms with van der Waals surface area (Å²) in [6, 6.07) is 28.1. The number of nitrogens with one attached hydrogen (secondary N) is 1. The molecule has 1 aliphatic rings. The van der Waals surface area contributed by atoms with Gasteiger partial charge in [0.25, 0.3) is 0 Å². The van der Waals surface area contributed by atoms with Crippen molar-refractivity contribution in [3.05, 3.63) is 101 Å². The maximum Gasteiger partial charge on any atom is 0.223 e. The Hall–Kier alpha value is -2.78. The van der Waals surface area contributed by atoms with E-state index < -0.39 is 0 Å². The molecule has 0 aromatic heterocycles. The largest absolute Gasteiger partial charge is 0.371 e. The number of hydrogen-bond donors (Lipinski definition) is 1. The van der Waals surface area contributed by atoms with E-state index in [4.69, 9.17) is 11.6 Å². The summed E-state index contributed by atoms with van der Waals surface area (Å²) < 4.78 is 0. The first kappa shape index (κ1) is 19.5. The summed E-state index contributed by atoms with van der Waals surface area (Å²) in [5, 5.41) is 4.05. The molecule has 0 spiro atoms. The standard InChI is InChI=1S/C25H25ClN2O/c26-22-12-7-13-23(18-22)28-16-14-21(15-17-28)25(29)27-24(19-8-3-1-4-9-19)20-10-5-2-6-11-20/h1-13,18,21,24H,14-17H2,(H,27,29). The highest BCUT2D eigenvalue weighted by atomic mass is 35.5. The molecule has 1 heterocycles. The number of rotatable bonds is 5. The fourth-order valence-corrected chi connectivity index (χ4v) is 4.17. The van der Waals surface area contributed by atoms with Crippen molar-refractivity contribution in [3.63, 3.8) is 0 Å². The molecule has 1 saturated heterocycles. The van der Waals surface area contributed by atoms with Crippen LogP contribution in [0.5, 0.6) is 0 Å². The summed E-state index contributed by atoms with van der Waals surface area (Å²) in [6.07, 6.45) is 1.68. The molecule has 0 bridgehead atoms. The fraction of sp³-hybridized carbons (Fsp3) is 0.240. The van der Waals surface area contributed by atoms with Crippen molar-refractivity contribution in [1.29, 1.82) is 0 Å². The van der Waals surface area contributed by atoms with Crippen LogP contribution in [0.3, 0.4) is 0 Å². The van der Waals surface area contributed by atoms with Crippen LogP contribution in [-0.2, 0) is 4.79 Å². The van der Waals surface area contributed by atoms with Gasteiger partial charge in [0.1, 0.15) is 0 Å². The van der Waals surface area contributed by atoms with Crippen LogP contribution in [0, 0.1) is 5.92 Å². The Kier molecular flexibility index (Phi) is 6.16. The van der Waals surface area contributed by atoms with Crippen LogP contribution < -0.4 is 10.2 Å². The second-order valence-corrected chi connectivity index (χ2v) is 7.94. The van der Waals surface area contributed by atoms with E-state index in [-0.39, 0.29) is 17.9 Å². The Morgan fingerprint density at radius 3 is 2.00 bits per heavy atom. The van der Waals surface area contributed by atoms with Crippen molar-refractivity contribution >= 4 is 23.2 Å². The molecule has 1 aliphatic heterocycles. The second-order valence-electron chi connectivity index (χ2n) is 7.50. The fourth-order valence-electron chi connectivity index (χ4n) is 3.98. The number of piperidine rings is 1. The lowest BCUT2D eigenvalue weighted by atomic mass is 9.93. The highest BCUT2D eigenvalue weighted by molar-refractivity contribution is 6.30. The van der Waals surface area contributed by atoms with Crippen LogP contribution in [0.25, 0.3) is 0 Å². The van der Waals surface area contributed by atoms with Gasteiger partial charge >= 0.3 is 0 Å². The highest BCUT2D eigenvalue weighted by Gasteiger charge is 2.27. The van der Waals surface area contributed by atoms with Crippen LogP contribution in [0.15, 0.2) is 84.9 Å². The molecule has 0 atom stereocenters. The van der Waals surface area contributed by atoms with E-state index in [1.54, 1.807) is 0 Å². The Morgan fingerprint density at radius 1 is 0.862 bits per heavy atom. The first-order valence-corrected chi connectivity index (χ1v) is 10.5. The van der Waals surface area contributed by atoms with E-state index in [1.807, 2.05) is 54.6 Å². The molecule has 4 rings (SSSR count). The Balaban J connectivity index is 1.44. The third-order valence-corrected chi connectivity index (χ3v) is 5.83. The molecule has 0 saturated carbocycles. The van der Waals surface area contributed by atoms with Crippen LogP contribution in [0.1, 0.15) is 30.0 Å². The lowest BCUT2D eigenvalue weighted by Crippen LogP contribution is -2.41. The van der Waals surface area contributed by atoms with Crippen molar-refractivity contribution in [2.75, 3.05) is 18.0 Å². The van der Waals surface area contributed by atoms with E-state index in [1.165, 1.54) is 0 Å². The van der Waals surface area contributed by atoms with Gasteiger partial charge in [0.2, 0.25) is 5.91 Å². The van der Waals surface area contributed by atoms with E-state index in [9.17, 15) is 4.79 Å². The number of benzene rings is 3. The van der Waals surface area contributed by atoms with Crippen molar-refractivity contribution in [2.24, 2.45) is 5.92 Å². The number of carbonyl (C=O) groups is 1. The smallest absolute Gasteiger partial charge is 0.223 e. The van der Waals surface area contributed by atoms with Gasteiger partial charge in [0, 0.05) is 29.7 Å². The number of halogens is 1. The Bertz CT molecular complexity index is 898. The number of amides is 1. The number of nitrogens with zero attached hydrogens (tertiary/aromatic N) is 1. The van der Waals surface area contributed by atoms with Crippen molar-refractivity contribution < 1.29 is 4.79 Å². The summed E-state index contributed by atoms with van der Waals surface area (Å²) >= 11 is 6.13. The normalized spacial score (nSPS) is 14.8. The van der Waals surface area contributed by atoms with Gasteiger partial charge in [-0.2, -0.15) is 0 Å². The molecular weight excluding hydrogens is 380 g/mol. The summed E-state index contributed by atoms with van der Waals surface area (Å²) in [5.41, 5.74) is 3.33. The zero-order valence-corrected chi connectivity index (χ0v) is 17.1. The van der Waals surface area contributed by atoms with Crippen LogP contribution in [0.4, 0.5) is 5.69 Å². The summed E-state index contributed by atoms with van der Waals surface area (Å²) in [4.78, 5) is 15.4. The van der Waals surface area contributed by atoms with Crippen molar-refractivity contribution in [1.82, 2.24) is 5.32 Å². The molecule has 0 unspecified atom stereocenters. The van der Waals surface area contributed by atoms with Crippen LogP contribution in [0.2, 0.25) is 5.02 Å². The minimum absolute atomic E-state index is 0.0281. The zero-order chi connectivity index (χ0) is 20.1. The van der Waals surface area contributed by atoms with Gasteiger partial charge in [-0.25, -0.2) is 0 Å². The van der Waals surface area contributed by atoms with Gasteiger partial charge in [-0.3, -0.25) is 4.79 Å². The average molecular weight is 405 g/mol. The lowest BCUT2D eigenvalue weighted by molar-refractivity contribution is -0.126. The molecule has 0 radical (unpaired) electrons. The molecule has 1 N–H and O–H groups in total. The van der Waals surface area contributed by atoms with Crippen LogP contribution in [-0.4, -0.2) is 19.0 Å². The molecule has 3 nitrogen and oxygen atoms in total. The molecule has 4 heteroatoms. The molecule has 1 fully saturated rings. The molecular formula is C25H25ClN2O. The minimum Gasteiger partial charge on any atom is -0.371 e. The third-order valence-electron chi connectivity index (χ3n) is 5.59. The van der Waals surface area contributed by atoms with Gasteiger partial charge in [0.15, 0.2) is 0 Å². The summed E-state index contributed by atoms with van der Waals surface area (Å²) in [5.74, 6) is 0.161. The molecule has 3 aromatic carbocycles. The van der Waals surface area contributed by atoms with Crippen LogP contribution >= 0.6 is 11.6 Å². The zero-order valence-electron chi connectivity index (χ0n) is 16.3. The second kappa shape index (κ2) is 9.15. The number of hydrogen-bond acceptors (Lipinski definition) is 2. The number of anilines is 1. The van der Waals surface area contributed by atoms with Gasteiger partial charge in [-0.15, -0.1) is 0 Å². The third kappa shape index (κ3) is 4.80. The van der Waals surface area contributed by atoms with Crippen molar-refractivity contribution in [3.8, 4) is 0 Å². The van der Waals surface area contributed by atoms with E-state index in [0.29, 0.717) is 0 Å². The number of carbonyl (C=O) groups excluding carboxylic acids is 1. The molecule has 1 amide bonds. The van der Waals surface area contributed by atoms with Gasteiger partial charge < -0.3 is 10.2 Å². The monoisotopic (exact) mass is 404 g/mol. The molecule has 29 heavy (non-hydrogen) atoms. The SMILES string of the molecule is O=C(NC(c1ccccc1)c1ccccc1)C1CCN(c2cccc(Cl)c2)CC1. The minimum atomic E-state index is -0.129. The van der Waals surface area contributed by atoms with Gasteiger partial charge in [-0.05, 0) is 42.2 Å². The first-order chi connectivity index (χ1) is 14.2. The van der Waals surface area contributed by atoms with E-state index in [2.05, 4.69) is 40.5 Å². The first-order valence-electron chi connectivity index (χ1n) is 10.1. The Morgan fingerprint density at radius 2 is 1.45 bits per heavy atom. The molecule has 3 aromatic rings. The van der Waals surface area contributed by atoms with E-state index >= 15 is 0 Å². The average Bonchev–Trinajstić information content (AvgIpc) is 2.78.